The maximum atomic E-state index is 12.4. The summed E-state index contributed by atoms with van der Waals surface area (Å²) in [5.41, 5.74) is 2.83. The highest BCUT2D eigenvalue weighted by Gasteiger charge is 2.14. The highest BCUT2D eigenvalue weighted by atomic mass is 32.2. The van der Waals surface area contributed by atoms with E-state index in [9.17, 15) is 9.59 Å². The van der Waals surface area contributed by atoms with Crippen molar-refractivity contribution in [2.45, 2.75) is 37.6 Å². The second kappa shape index (κ2) is 10.9. The number of thioether (sulfide) groups is 1. The van der Waals surface area contributed by atoms with Crippen LogP contribution in [0.3, 0.4) is 0 Å². The molecular weight excluding hydrogens is 416 g/mol. The Morgan fingerprint density at radius 2 is 1.83 bits per heavy atom. The van der Waals surface area contributed by atoms with Crippen molar-refractivity contribution < 1.29 is 9.59 Å². The third-order valence-corrected chi connectivity index (χ3v) is 6.22. The number of nitrogens with zero attached hydrogens (tertiary/aromatic N) is 2. The Kier molecular flexibility index (Phi) is 7.98. The fourth-order valence-electron chi connectivity index (χ4n) is 2.77. The van der Waals surface area contributed by atoms with E-state index in [0.29, 0.717) is 30.8 Å². The third kappa shape index (κ3) is 6.40. The molecule has 0 fully saturated rings. The molecule has 2 N–H and O–H groups in total. The van der Waals surface area contributed by atoms with E-state index in [2.05, 4.69) is 33.0 Å². The minimum atomic E-state index is -0.265. The molecule has 30 heavy (non-hydrogen) atoms. The van der Waals surface area contributed by atoms with Crippen LogP contribution in [0.15, 0.2) is 53.4 Å². The monoisotopic (exact) mass is 440 g/mol. The molecule has 0 aliphatic carbocycles. The Morgan fingerprint density at radius 1 is 1.07 bits per heavy atom. The molecule has 2 aromatic carbocycles. The molecule has 8 heteroatoms. The van der Waals surface area contributed by atoms with Gasteiger partial charge in [0, 0.05) is 30.0 Å². The summed E-state index contributed by atoms with van der Waals surface area (Å²) in [5.74, 6) is -0.260. The van der Waals surface area contributed by atoms with Gasteiger partial charge in [-0.05, 0) is 48.9 Å². The standard InChI is InChI=1S/C22H24N4O2S2/c1-15-6-3-4-7-18(15)24-21(28)22-26-25-20(30-22)9-5-8-19(27)23-14-16-10-12-17(29-2)13-11-16/h3-4,6-7,10-13H,5,8-9,14H2,1-2H3,(H,23,27)(H,24,28). The van der Waals surface area contributed by atoms with Crippen molar-refractivity contribution in [2.75, 3.05) is 11.6 Å². The topological polar surface area (TPSA) is 84.0 Å². The first-order chi connectivity index (χ1) is 14.5. The smallest absolute Gasteiger partial charge is 0.286 e. The van der Waals surface area contributed by atoms with Gasteiger partial charge in [-0.3, -0.25) is 9.59 Å². The summed E-state index contributed by atoms with van der Waals surface area (Å²) < 4.78 is 0. The molecule has 0 unspecified atom stereocenters. The molecule has 0 saturated heterocycles. The van der Waals surface area contributed by atoms with Gasteiger partial charge in [0.25, 0.3) is 5.91 Å². The zero-order valence-electron chi connectivity index (χ0n) is 17.0. The van der Waals surface area contributed by atoms with Crippen molar-refractivity contribution in [2.24, 2.45) is 0 Å². The SMILES string of the molecule is CSc1ccc(CNC(=O)CCCc2nnc(C(=O)Nc3ccccc3C)s2)cc1. The molecule has 0 radical (unpaired) electrons. The fraction of sp³-hybridized carbons (Fsp3) is 0.273. The molecular formula is C22H24N4O2S2. The van der Waals surface area contributed by atoms with Crippen molar-refractivity contribution in [1.82, 2.24) is 15.5 Å². The fourth-order valence-corrected chi connectivity index (χ4v) is 3.95. The van der Waals surface area contributed by atoms with Crippen molar-refractivity contribution in [1.29, 1.82) is 0 Å². The van der Waals surface area contributed by atoms with Crippen LogP contribution < -0.4 is 10.6 Å². The van der Waals surface area contributed by atoms with Crippen molar-refractivity contribution >= 4 is 40.6 Å². The summed E-state index contributed by atoms with van der Waals surface area (Å²) >= 11 is 2.96. The average molecular weight is 441 g/mol. The molecule has 1 aromatic heterocycles. The Bertz CT molecular complexity index is 1000. The number of para-hydroxylation sites is 1. The molecule has 0 saturated carbocycles. The molecule has 1 heterocycles. The van der Waals surface area contributed by atoms with Crippen molar-refractivity contribution in [3.63, 3.8) is 0 Å². The van der Waals surface area contributed by atoms with Crippen LogP contribution in [0.2, 0.25) is 0 Å². The Labute approximate surface area is 184 Å². The summed E-state index contributed by atoms with van der Waals surface area (Å²) in [7, 11) is 0. The largest absolute Gasteiger partial charge is 0.352 e. The maximum Gasteiger partial charge on any atom is 0.286 e. The van der Waals surface area contributed by atoms with E-state index in [1.807, 2.05) is 49.6 Å². The zero-order valence-corrected chi connectivity index (χ0v) is 18.6. The average Bonchev–Trinajstić information content (AvgIpc) is 3.23. The minimum absolute atomic E-state index is 0.00553. The van der Waals surface area contributed by atoms with Gasteiger partial charge in [-0.2, -0.15) is 0 Å². The zero-order chi connectivity index (χ0) is 21.3. The van der Waals surface area contributed by atoms with Gasteiger partial charge in [0.2, 0.25) is 10.9 Å². The number of nitrogens with one attached hydrogen (secondary N) is 2. The van der Waals surface area contributed by atoms with Gasteiger partial charge >= 0.3 is 0 Å². The molecule has 0 bridgehead atoms. The molecule has 0 aliphatic rings. The molecule has 0 spiro atoms. The van der Waals surface area contributed by atoms with Gasteiger partial charge in [-0.1, -0.05) is 41.7 Å². The van der Waals surface area contributed by atoms with Gasteiger partial charge in [0.15, 0.2) is 0 Å². The van der Waals surface area contributed by atoms with E-state index in [1.54, 1.807) is 11.8 Å². The maximum absolute atomic E-state index is 12.4. The summed E-state index contributed by atoms with van der Waals surface area (Å²) in [5, 5.41) is 14.9. The van der Waals surface area contributed by atoms with Crippen LogP contribution in [-0.4, -0.2) is 28.3 Å². The van der Waals surface area contributed by atoms with Crippen LogP contribution in [0.1, 0.15) is 38.8 Å². The lowest BCUT2D eigenvalue weighted by atomic mass is 10.2. The molecule has 2 amide bonds. The van der Waals surface area contributed by atoms with Crippen LogP contribution in [0.25, 0.3) is 0 Å². The van der Waals surface area contributed by atoms with Crippen LogP contribution in [0.4, 0.5) is 5.69 Å². The summed E-state index contributed by atoms with van der Waals surface area (Å²) in [6, 6.07) is 15.7. The van der Waals surface area contributed by atoms with E-state index < -0.39 is 0 Å². The number of hydrogen-bond acceptors (Lipinski definition) is 6. The van der Waals surface area contributed by atoms with Crippen LogP contribution in [-0.2, 0) is 17.8 Å². The highest BCUT2D eigenvalue weighted by molar-refractivity contribution is 7.98. The summed E-state index contributed by atoms with van der Waals surface area (Å²) in [6.45, 7) is 2.46. The number of benzene rings is 2. The lowest BCUT2D eigenvalue weighted by Gasteiger charge is -2.06. The first kappa shape index (κ1) is 22.0. The van der Waals surface area contributed by atoms with Gasteiger partial charge in [-0.25, -0.2) is 0 Å². The first-order valence-corrected chi connectivity index (χ1v) is 11.7. The quantitative estimate of drug-likeness (QED) is 0.480. The predicted octanol–water partition coefficient (Wildman–Crippen LogP) is 4.46. The first-order valence-electron chi connectivity index (χ1n) is 9.64. The predicted molar refractivity (Wildman–Crippen MR) is 122 cm³/mol. The molecule has 6 nitrogen and oxygen atoms in total. The molecule has 3 rings (SSSR count). The number of hydrogen-bond donors (Lipinski definition) is 2. The lowest BCUT2D eigenvalue weighted by molar-refractivity contribution is -0.121. The number of anilines is 1. The molecule has 3 aromatic rings. The van der Waals surface area contributed by atoms with E-state index in [-0.39, 0.29) is 11.8 Å². The molecule has 0 atom stereocenters. The Morgan fingerprint density at radius 3 is 2.57 bits per heavy atom. The van der Waals surface area contributed by atoms with Crippen LogP contribution >= 0.6 is 23.1 Å². The minimum Gasteiger partial charge on any atom is -0.352 e. The molecule has 156 valence electrons. The highest BCUT2D eigenvalue weighted by Crippen LogP contribution is 2.18. The van der Waals surface area contributed by atoms with Gasteiger partial charge in [0.05, 0.1) is 0 Å². The Balaban J connectivity index is 1.41. The lowest BCUT2D eigenvalue weighted by Crippen LogP contribution is -2.22. The van der Waals surface area contributed by atoms with Crippen LogP contribution in [0, 0.1) is 6.92 Å². The molecule has 0 aliphatic heterocycles. The van der Waals surface area contributed by atoms with E-state index in [4.69, 9.17) is 0 Å². The van der Waals surface area contributed by atoms with Gasteiger partial charge in [-0.15, -0.1) is 22.0 Å². The van der Waals surface area contributed by atoms with Crippen molar-refractivity contribution in [3.05, 3.63) is 69.7 Å². The summed E-state index contributed by atoms with van der Waals surface area (Å²) in [4.78, 5) is 25.6. The van der Waals surface area contributed by atoms with Gasteiger partial charge < -0.3 is 10.6 Å². The number of carbonyl (C=O) groups is 2. The number of aryl methyl sites for hydroxylation is 2. The second-order valence-electron chi connectivity index (χ2n) is 6.75. The van der Waals surface area contributed by atoms with Crippen molar-refractivity contribution in [3.8, 4) is 0 Å². The van der Waals surface area contributed by atoms with E-state index in [0.717, 1.165) is 21.8 Å². The summed E-state index contributed by atoms with van der Waals surface area (Å²) in [6.07, 6.45) is 3.72. The van der Waals surface area contributed by atoms with E-state index in [1.165, 1.54) is 16.2 Å². The van der Waals surface area contributed by atoms with Crippen LogP contribution in [0.5, 0.6) is 0 Å². The Hall–Kier alpha value is -2.71. The van der Waals surface area contributed by atoms with Gasteiger partial charge in [0.1, 0.15) is 5.01 Å². The third-order valence-electron chi connectivity index (χ3n) is 4.50. The number of carbonyl (C=O) groups excluding carboxylic acids is 2. The number of aromatic nitrogens is 2. The second-order valence-corrected chi connectivity index (χ2v) is 8.69. The van der Waals surface area contributed by atoms with E-state index >= 15 is 0 Å². The number of amides is 2. The number of rotatable bonds is 9. The normalized spacial score (nSPS) is 10.6.